The van der Waals surface area contributed by atoms with E-state index in [0.717, 1.165) is 24.8 Å². The minimum absolute atomic E-state index is 0.0392. The first-order valence-electron chi connectivity index (χ1n) is 15.8. The number of fused-ring (bicyclic) bond motifs is 3. The maximum Gasteiger partial charge on any atom is 0.414 e. The average molecular weight is 679 g/mol. The maximum atomic E-state index is 14.1. The molecule has 46 heavy (non-hydrogen) atoms. The van der Waals surface area contributed by atoms with Gasteiger partial charge in [-0.3, -0.25) is 14.5 Å². The second kappa shape index (κ2) is 13.3. The van der Waals surface area contributed by atoms with Crippen molar-refractivity contribution in [2.45, 2.75) is 101 Å². The van der Waals surface area contributed by atoms with Gasteiger partial charge in [0, 0.05) is 24.4 Å². The van der Waals surface area contributed by atoms with E-state index < -0.39 is 59.2 Å². The molecule has 5 rings (SSSR count). The Morgan fingerprint density at radius 3 is 2.57 bits per heavy atom. The molecule has 0 spiro atoms. The van der Waals surface area contributed by atoms with Crippen LogP contribution in [-0.2, 0) is 25.5 Å². The molecule has 5 atom stereocenters. The predicted octanol–water partition coefficient (Wildman–Crippen LogP) is 4.41. The van der Waals surface area contributed by atoms with Crippen LogP contribution in [-0.4, -0.2) is 82.3 Å². The molecule has 5 amide bonds. The van der Waals surface area contributed by atoms with E-state index in [2.05, 4.69) is 16.0 Å². The number of ether oxygens (including phenoxy) is 1. The molecule has 14 heteroatoms. The van der Waals surface area contributed by atoms with E-state index in [-0.39, 0.29) is 25.3 Å². The summed E-state index contributed by atoms with van der Waals surface area (Å²) in [6.07, 6.45) is 6.34. The van der Waals surface area contributed by atoms with Crippen LogP contribution in [0.1, 0.15) is 71.3 Å². The Kier molecular flexibility index (Phi) is 9.79. The minimum Gasteiger partial charge on any atom is -0.479 e. The molecule has 0 radical (unpaired) electrons. The number of halogens is 2. The number of anilines is 1. The number of aliphatic carboxylic acids is 1. The van der Waals surface area contributed by atoms with Gasteiger partial charge >= 0.3 is 18.1 Å². The summed E-state index contributed by atoms with van der Waals surface area (Å²) in [4.78, 5) is 69.3. The third-order valence-corrected chi connectivity index (χ3v) is 9.64. The third kappa shape index (κ3) is 7.38. The van der Waals surface area contributed by atoms with E-state index in [1.807, 2.05) is 32.9 Å². The number of carboxylic acid groups (broad SMARTS) is 1. The highest BCUT2D eigenvalue weighted by Gasteiger charge is 2.61. The lowest BCUT2D eigenvalue weighted by Crippen LogP contribution is -2.58. The lowest BCUT2D eigenvalue weighted by Gasteiger charge is -2.30. The first kappa shape index (κ1) is 33.8. The highest BCUT2D eigenvalue weighted by molar-refractivity contribution is 6.42. The van der Waals surface area contributed by atoms with Crippen LogP contribution in [0.15, 0.2) is 24.3 Å². The zero-order valence-electron chi connectivity index (χ0n) is 26.2. The molecule has 1 aliphatic carbocycles. The van der Waals surface area contributed by atoms with Gasteiger partial charge in [-0.1, -0.05) is 48.2 Å². The fourth-order valence-corrected chi connectivity index (χ4v) is 6.80. The molecule has 0 bridgehead atoms. The zero-order valence-corrected chi connectivity index (χ0v) is 27.7. The molecular weight excluding hydrogens is 637 g/mol. The van der Waals surface area contributed by atoms with Gasteiger partial charge in [0.25, 0.3) is 0 Å². The molecule has 3 heterocycles. The molecule has 4 N–H and O–H groups in total. The van der Waals surface area contributed by atoms with Crippen molar-refractivity contribution < 1.29 is 33.8 Å². The molecule has 0 unspecified atom stereocenters. The number of carbonyl (C=O) groups is 5. The van der Waals surface area contributed by atoms with Crippen LogP contribution in [0.2, 0.25) is 10.0 Å². The van der Waals surface area contributed by atoms with E-state index in [9.17, 15) is 29.1 Å². The van der Waals surface area contributed by atoms with Crippen LogP contribution in [0.25, 0.3) is 0 Å². The Balaban J connectivity index is 1.39. The largest absolute Gasteiger partial charge is 0.479 e. The Morgan fingerprint density at radius 1 is 1.11 bits per heavy atom. The summed E-state index contributed by atoms with van der Waals surface area (Å²) >= 11 is 12.4. The summed E-state index contributed by atoms with van der Waals surface area (Å²) in [5.41, 5.74) is -0.605. The van der Waals surface area contributed by atoms with Crippen LogP contribution in [0.4, 0.5) is 15.3 Å². The van der Waals surface area contributed by atoms with Crippen molar-refractivity contribution in [3.8, 4) is 0 Å². The number of amides is 5. The van der Waals surface area contributed by atoms with E-state index >= 15 is 0 Å². The van der Waals surface area contributed by atoms with Gasteiger partial charge in [0.05, 0.1) is 22.3 Å². The van der Waals surface area contributed by atoms with Crippen LogP contribution in [0, 0.1) is 5.92 Å². The lowest BCUT2D eigenvalue weighted by atomic mass is 10.0. The minimum atomic E-state index is -1.47. The standard InChI is InChI=1S/C32H41Cl2N5O7/c1-31(2,3)37-29(44)35-23-10-8-6-4-5-7-9-19-16-32(19,28(42)43)36-26(40)25-14-20(17-39(25)27(23)41)46-30(45)38-12-11-18-13-21(33)22(34)15-24(18)38/h7,9,13,15,19-20,23,25H,4-6,8,10-12,14,16-17H2,1-3H3,(H,36,40)(H,42,43)(H2,35,37,44)/b9-7-/t19-,20+,23-,25-,32+/m0/s1. The Bertz CT molecular complexity index is 1450. The number of benzene rings is 1. The summed E-state index contributed by atoms with van der Waals surface area (Å²) in [5.74, 6) is -2.67. The number of urea groups is 1. The molecular formula is C32H41Cl2N5O7. The van der Waals surface area contributed by atoms with Gasteiger partial charge in [0.2, 0.25) is 11.8 Å². The SMILES string of the molecule is CC(C)(C)NC(=O)N[C@H]1CCCCC/C=C\[C@H]2C[C@@]2(C(=O)O)NC(=O)[C@@H]2C[C@@H](OC(=O)N3CCc4cc(Cl)c(Cl)cc43)CN2C1=O. The Hall–Kier alpha value is -3.51. The second-order valence-corrected chi connectivity index (χ2v) is 14.4. The molecule has 1 saturated heterocycles. The van der Waals surface area contributed by atoms with Crippen LogP contribution in [0.3, 0.4) is 0 Å². The summed E-state index contributed by atoms with van der Waals surface area (Å²) < 4.78 is 5.86. The smallest absolute Gasteiger partial charge is 0.414 e. The first-order chi connectivity index (χ1) is 21.7. The number of carbonyl (C=O) groups excluding carboxylic acids is 4. The number of hydrogen-bond acceptors (Lipinski definition) is 6. The highest BCUT2D eigenvalue weighted by Crippen LogP contribution is 2.45. The van der Waals surface area contributed by atoms with Gasteiger partial charge in [-0.15, -0.1) is 0 Å². The van der Waals surface area contributed by atoms with E-state index in [4.69, 9.17) is 27.9 Å². The summed E-state index contributed by atoms with van der Waals surface area (Å²) in [7, 11) is 0. The van der Waals surface area contributed by atoms with Crippen molar-refractivity contribution in [2.24, 2.45) is 5.92 Å². The van der Waals surface area contributed by atoms with Crippen molar-refractivity contribution in [1.82, 2.24) is 20.9 Å². The molecule has 3 aliphatic heterocycles. The van der Waals surface area contributed by atoms with Crippen molar-refractivity contribution in [3.63, 3.8) is 0 Å². The van der Waals surface area contributed by atoms with E-state index in [1.54, 1.807) is 12.1 Å². The van der Waals surface area contributed by atoms with Crippen molar-refractivity contribution in [3.05, 3.63) is 39.9 Å². The summed E-state index contributed by atoms with van der Waals surface area (Å²) in [6, 6.07) is 0.724. The van der Waals surface area contributed by atoms with Gasteiger partial charge in [0.15, 0.2) is 0 Å². The molecule has 12 nitrogen and oxygen atoms in total. The average Bonchev–Trinajstić information content (AvgIpc) is 3.27. The molecule has 2 fully saturated rings. The van der Waals surface area contributed by atoms with Crippen molar-refractivity contribution in [1.29, 1.82) is 0 Å². The highest BCUT2D eigenvalue weighted by atomic mass is 35.5. The molecule has 1 aromatic carbocycles. The van der Waals surface area contributed by atoms with E-state index in [1.165, 1.54) is 9.80 Å². The molecule has 4 aliphatic rings. The number of rotatable bonds is 3. The Morgan fingerprint density at radius 2 is 1.85 bits per heavy atom. The fourth-order valence-electron chi connectivity index (χ4n) is 6.46. The van der Waals surface area contributed by atoms with Crippen LogP contribution < -0.4 is 20.9 Å². The molecule has 1 saturated carbocycles. The lowest BCUT2D eigenvalue weighted by molar-refractivity contribution is -0.145. The monoisotopic (exact) mass is 677 g/mol. The molecule has 250 valence electrons. The zero-order chi connectivity index (χ0) is 33.4. The van der Waals surface area contributed by atoms with Crippen LogP contribution >= 0.6 is 23.2 Å². The fraction of sp³-hybridized carbons (Fsp3) is 0.594. The van der Waals surface area contributed by atoms with Gasteiger partial charge in [-0.25, -0.2) is 14.4 Å². The number of allylic oxidation sites excluding steroid dienone is 1. The van der Waals surface area contributed by atoms with Gasteiger partial charge in [0.1, 0.15) is 23.7 Å². The normalized spacial score (nSPS) is 28.9. The van der Waals surface area contributed by atoms with Gasteiger partial charge in [-0.2, -0.15) is 0 Å². The van der Waals surface area contributed by atoms with Crippen molar-refractivity contribution in [2.75, 3.05) is 18.0 Å². The van der Waals surface area contributed by atoms with E-state index in [0.29, 0.717) is 41.5 Å². The van der Waals surface area contributed by atoms with Crippen molar-refractivity contribution >= 4 is 58.8 Å². The number of carboxylic acids is 1. The Labute approximate surface area is 278 Å². The maximum absolute atomic E-state index is 14.1. The number of hydrogen-bond donors (Lipinski definition) is 4. The second-order valence-electron chi connectivity index (χ2n) is 13.6. The molecule has 1 aromatic rings. The number of nitrogens with one attached hydrogen (secondary N) is 3. The van der Waals surface area contributed by atoms with Gasteiger partial charge in [-0.05, 0) is 70.6 Å². The quantitative estimate of drug-likeness (QED) is 0.345. The summed E-state index contributed by atoms with van der Waals surface area (Å²) in [6.45, 7) is 5.71. The number of nitrogens with zero attached hydrogens (tertiary/aromatic N) is 2. The third-order valence-electron chi connectivity index (χ3n) is 8.92. The molecule has 0 aromatic heterocycles. The topological polar surface area (TPSA) is 157 Å². The first-order valence-corrected chi connectivity index (χ1v) is 16.5. The van der Waals surface area contributed by atoms with Crippen LogP contribution in [0.5, 0.6) is 0 Å². The van der Waals surface area contributed by atoms with Gasteiger partial charge < -0.3 is 30.7 Å². The summed E-state index contributed by atoms with van der Waals surface area (Å²) in [5, 5.41) is 19.1. The predicted molar refractivity (Wildman–Crippen MR) is 172 cm³/mol.